The SMILES string of the molecule is CCc1cccc(CCC(=O)O)c1B(O)O.O=C(CCc1cccc2c1B(O)OC2)Nc1ccccc1.c1ccccc1. The summed E-state index contributed by atoms with van der Waals surface area (Å²) in [6.45, 7) is 2.35. The molecule has 4 aromatic carbocycles. The normalized spacial score (nSPS) is 11.3. The van der Waals surface area contributed by atoms with Crippen LogP contribution >= 0.6 is 0 Å². The van der Waals surface area contributed by atoms with E-state index < -0.39 is 20.2 Å². The highest BCUT2D eigenvalue weighted by molar-refractivity contribution is 6.62. The zero-order chi connectivity index (χ0) is 31.0. The third kappa shape index (κ3) is 10.9. The predicted molar refractivity (Wildman–Crippen MR) is 170 cm³/mol. The number of carbonyl (C=O) groups excluding carboxylic acids is 1. The fourth-order valence-corrected chi connectivity index (χ4v) is 4.72. The summed E-state index contributed by atoms with van der Waals surface area (Å²) >= 11 is 0. The first-order valence-electron chi connectivity index (χ1n) is 14.2. The number of hydrogen-bond acceptors (Lipinski definition) is 6. The molecule has 0 aliphatic carbocycles. The molecule has 4 aromatic rings. The standard InChI is InChI=1S/C16H16BNO3.C11H15BO4.C6H6/c19-15(18-14-7-2-1-3-8-14)10-9-12-5-4-6-13-11-21-17(20)16(12)13;1-2-8-4-3-5-9(6-7-10(13)14)11(8)12(15)16;1-2-4-6-5-3-1/h1-8,20H,9-11H2,(H,18,19);3-5,15-16H,2,6-7H2,1H3,(H,13,14);1-6H. The second-order valence-corrected chi connectivity index (χ2v) is 9.83. The molecular formula is C33H37B2NO7. The van der Waals surface area contributed by atoms with E-state index in [0.717, 1.165) is 27.8 Å². The summed E-state index contributed by atoms with van der Waals surface area (Å²) in [5, 5.41) is 39.9. The van der Waals surface area contributed by atoms with Gasteiger partial charge in [-0.3, -0.25) is 9.59 Å². The van der Waals surface area contributed by atoms with E-state index >= 15 is 0 Å². The number of nitrogens with one attached hydrogen (secondary N) is 1. The molecule has 0 aromatic heterocycles. The molecule has 0 saturated carbocycles. The van der Waals surface area contributed by atoms with Crippen LogP contribution in [0.4, 0.5) is 5.69 Å². The molecule has 0 bridgehead atoms. The van der Waals surface area contributed by atoms with Crippen LogP contribution in [-0.2, 0) is 40.1 Å². The van der Waals surface area contributed by atoms with Crippen LogP contribution in [0.2, 0.25) is 0 Å². The summed E-state index contributed by atoms with van der Waals surface area (Å²) in [5.74, 6) is -0.924. The molecule has 1 aliphatic rings. The van der Waals surface area contributed by atoms with Gasteiger partial charge in [-0.15, -0.1) is 0 Å². The first-order valence-corrected chi connectivity index (χ1v) is 14.2. The number of aryl methyl sites for hydroxylation is 3. The minimum absolute atomic E-state index is 0.00706. The van der Waals surface area contributed by atoms with Crippen LogP contribution in [0.3, 0.4) is 0 Å². The van der Waals surface area contributed by atoms with Crippen molar-refractivity contribution in [2.45, 2.75) is 45.6 Å². The maximum atomic E-state index is 12.0. The zero-order valence-corrected chi connectivity index (χ0v) is 24.2. The fourth-order valence-electron chi connectivity index (χ4n) is 4.72. The largest absolute Gasteiger partial charge is 0.492 e. The van der Waals surface area contributed by atoms with Gasteiger partial charge in [0.25, 0.3) is 0 Å². The van der Waals surface area contributed by atoms with Crippen LogP contribution in [-0.4, -0.2) is 46.3 Å². The Balaban J connectivity index is 0.000000203. The number of aliphatic carboxylic acids is 1. The number of anilines is 1. The number of fused-ring (bicyclic) bond motifs is 1. The zero-order valence-electron chi connectivity index (χ0n) is 24.2. The van der Waals surface area contributed by atoms with Gasteiger partial charge in [-0.25, -0.2) is 0 Å². The lowest BCUT2D eigenvalue weighted by atomic mass is 9.72. The lowest BCUT2D eigenvalue weighted by molar-refractivity contribution is -0.137. The fraction of sp³-hybridized carbons (Fsp3) is 0.212. The Hall–Kier alpha value is -4.21. The monoisotopic (exact) mass is 581 g/mol. The number of hydrogen-bond donors (Lipinski definition) is 5. The highest BCUT2D eigenvalue weighted by Crippen LogP contribution is 2.15. The maximum absolute atomic E-state index is 12.0. The van der Waals surface area contributed by atoms with Crippen molar-refractivity contribution in [3.05, 3.63) is 125 Å². The summed E-state index contributed by atoms with van der Waals surface area (Å²) in [4.78, 5) is 22.4. The molecule has 0 atom stereocenters. The van der Waals surface area contributed by atoms with Crippen molar-refractivity contribution < 1.29 is 34.4 Å². The Kier molecular flexibility index (Phi) is 13.7. The molecule has 0 saturated heterocycles. The number of carboxylic acids is 1. The van der Waals surface area contributed by atoms with Crippen LogP contribution in [0, 0.1) is 0 Å². The van der Waals surface area contributed by atoms with Crippen molar-refractivity contribution >= 4 is 42.7 Å². The van der Waals surface area contributed by atoms with E-state index in [0.29, 0.717) is 43.3 Å². The van der Waals surface area contributed by atoms with Crippen LogP contribution in [0.25, 0.3) is 0 Å². The second-order valence-electron chi connectivity index (χ2n) is 9.83. The van der Waals surface area contributed by atoms with E-state index in [-0.39, 0.29) is 12.3 Å². The van der Waals surface area contributed by atoms with Crippen LogP contribution < -0.4 is 16.2 Å². The van der Waals surface area contributed by atoms with E-state index in [1.807, 2.05) is 104 Å². The molecule has 1 heterocycles. The molecule has 5 rings (SSSR count). The first-order chi connectivity index (χ1) is 20.8. The van der Waals surface area contributed by atoms with E-state index in [9.17, 15) is 24.7 Å². The van der Waals surface area contributed by atoms with Crippen molar-refractivity contribution in [2.24, 2.45) is 0 Å². The average Bonchev–Trinajstić information content (AvgIpc) is 3.41. The van der Waals surface area contributed by atoms with Gasteiger partial charge in [-0.2, -0.15) is 0 Å². The third-order valence-electron chi connectivity index (χ3n) is 6.81. The second kappa shape index (κ2) is 17.7. The Morgan fingerprint density at radius 2 is 1.35 bits per heavy atom. The van der Waals surface area contributed by atoms with Gasteiger partial charge in [-0.05, 0) is 64.6 Å². The lowest BCUT2D eigenvalue weighted by Gasteiger charge is -2.12. The van der Waals surface area contributed by atoms with Crippen LogP contribution in [0.5, 0.6) is 0 Å². The molecule has 0 fully saturated rings. The van der Waals surface area contributed by atoms with E-state index in [4.69, 9.17) is 9.76 Å². The number of benzene rings is 4. The van der Waals surface area contributed by atoms with Crippen molar-refractivity contribution in [1.82, 2.24) is 0 Å². The van der Waals surface area contributed by atoms with Gasteiger partial charge >= 0.3 is 20.2 Å². The Morgan fingerprint density at radius 3 is 1.95 bits per heavy atom. The lowest BCUT2D eigenvalue weighted by Crippen LogP contribution is -2.36. The van der Waals surface area contributed by atoms with Gasteiger partial charge in [-0.1, -0.05) is 97.9 Å². The van der Waals surface area contributed by atoms with Gasteiger partial charge < -0.3 is 30.1 Å². The number of rotatable bonds is 9. The van der Waals surface area contributed by atoms with Gasteiger partial charge in [0.2, 0.25) is 5.91 Å². The quantitative estimate of drug-likeness (QED) is 0.192. The van der Waals surface area contributed by atoms with Gasteiger partial charge in [0.1, 0.15) is 0 Å². The molecule has 0 unspecified atom stereocenters. The van der Waals surface area contributed by atoms with Gasteiger partial charge in [0.15, 0.2) is 0 Å². The minimum atomic E-state index is -1.54. The highest BCUT2D eigenvalue weighted by Gasteiger charge is 2.29. The molecule has 0 spiro atoms. The predicted octanol–water partition coefficient (Wildman–Crippen LogP) is 3.11. The van der Waals surface area contributed by atoms with Crippen molar-refractivity contribution in [3.8, 4) is 0 Å². The van der Waals surface area contributed by atoms with Crippen molar-refractivity contribution in [3.63, 3.8) is 0 Å². The number of carboxylic acid groups (broad SMARTS) is 1. The Labute approximate surface area is 253 Å². The molecular weight excluding hydrogens is 544 g/mol. The molecule has 8 nitrogen and oxygen atoms in total. The molecule has 222 valence electrons. The molecule has 1 aliphatic heterocycles. The average molecular weight is 581 g/mol. The molecule has 0 radical (unpaired) electrons. The molecule has 43 heavy (non-hydrogen) atoms. The molecule has 5 N–H and O–H groups in total. The Bertz CT molecular complexity index is 1410. The van der Waals surface area contributed by atoms with Crippen molar-refractivity contribution in [1.29, 1.82) is 0 Å². The first kappa shape index (κ1) is 33.3. The van der Waals surface area contributed by atoms with E-state index in [2.05, 4.69) is 5.32 Å². The van der Waals surface area contributed by atoms with E-state index in [1.54, 1.807) is 6.07 Å². The maximum Gasteiger partial charge on any atom is 0.492 e. The molecule has 1 amide bonds. The van der Waals surface area contributed by atoms with E-state index in [1.165, 1.54) is 0 Å². The minimum Gasteiger partial charge on any atom is -0.481 e. The summed E-state index contributed by atoms with van der Waals surface area (Å²) in [6, 6.07) is 32.6. The third-order valence-corrected chi connectivity index (χ3v) is 6.81. The number of carbonyl (C=O) groups is 2. The Morgan fingerprint density at radius 1 is 0.791 bits per heavy atom. The summed E-state index contributed by atoms with van der Waals surface area (Å²) in [5.41, 5.74) is 5.58. The summed E-state index contributed by atoms with van der Waals surface area (Å²) < 4.78 is 5.22. The number of para-hydroxylation sites is 1. The summed E-state index contributed by atoms with van der Waals surface area (Å²) in [6.07, 6.45) is 1.96. The van der Waals surface area contributed by atoms with Crippen LogP contribution in [0.1, 0.15) is 42.0 Å². The van der Waals surface area contributed by atoms with Gasteiger partial charge in [0.05, 0.1) is 6.61 Å². The van der Waals surface area contributed by atoms with Gasteiger partial charge in [0, 0.05) is 18.5 Å². The van der Waals surface area contributed by atoms with Crippen molar-refractivity contribution in [2.75, 3.05) is 5.32 Å². The summed E-state index contributed by atoms with van der Waals surface area (Å²) in [7, 11) is -2.41. The topological polar surface area (TPSA) is 136 Å². The number of amides is 1. The smallest absolute Gasteiger partial charge is 0.481 e. The highest BCUT2D eigenvalue weighted by atomic mass is 16.5. The molecule has 10 heteroatoms. The van der Waals surface area contributed by atoms with Crippen LogP contribution in [0.15, 0.2) is 103 Å².